The van der Waals surface area contributed by atoms with Gasteiger partial charge in [-0.05, 0) is 17.7 Å². The summed E-state index contributed by atoms with van der Waals surface area (Å²) in [6.45, 7) is 0.892. The molecule has 3 aliphatic heterocycles. The number of hydrogen-bond donors (Lipinski definition) is 4. The third-order valence-corrected chi connectivity index (χ3v) is 4.08. The molecule has 1 fully saturated rings. The largest absolute Gasteiger partial charge is 0.478 e. The third-order valence-electron chi connectivity index (χ3n) is 4.08. The van der Waals surface area contributed by atoms with E-state index in [1.807, 2.05) is 12.1 Å². The first-order chi connectivity index (χ1) is 8.75. The first kappa shape index (κ1) is 10.1. The standard InChI is InChI=1S/C13H13N3O2/c17-13(18)7-3-1-2-6-11(7)10-4-9-8(5-14-16-9)12(6)15-10/h1-4,8-9,12,14-16H,5H2,(H,17,18). The second-order valence-corrected chi connectivity index (χ2v) is 4.99. The average molecular weight is 243 g/mol. The summed E-state index contributed by atoms with van der Waals surface area (Å²) in [6, 6.07) is 6.02. The molecule has 18 heavy (non-hydrogen) atoms. The van der Waals surface area contributed by atoms with Crippen molar-refractivity contribution in [1.82, 2.24) is 16.2 Å². The van der Waals surface area contributed by atoms with Crippen molar-refractivity contribution in [2.24, 2.45) is 5.92 Å². The van der Waals surface area contributed by atoms with Crippen molar-refractivity contribution in [3.63, 3.8) is 0 Å². The van der Waals surface area contributed by atoms with Crippen LogP contribution < -0.4 is 16.2 Å². The summed E-state index contributed by atoms with van der Waals surface area (Å²) in [4.78, 5) is 11.3. The number of carboxylic acids is 1. The molecular formula is C13H13N3O2. The molecule has 3 atom stereocenters. The van der Waals surface area contributed by atoms with Gasteiger partial charge in [-0.1, -0.05) is 12.1 Å². The molecule has 4 N–H and O–H groups in total. The Balaban J connectivity index is 1.94. The lowest BCUT2D eigenvalue weighted by atomic mass is 9.89. The molecule has 0 radical (unpaired) electrons. The van der Waals surface area contributed by atoms with Gasteiger partial charge in [0.2, 0.25) is 0 Å². The zero-order valence-corrected chi connectivity index (χ0v) is 9.60. The Kier molecular flexibility index (Phi) is 1.87. The molecule has 3 aliphatic rings. The predicted molar refractivity (Wildman–Crippen MR) is 65.7 cm³/mol. The summed E-state index contributed by atoms with van der Waals surface area (Å²) in [5.74, 6) is -0.433. The van der Waals surface area contributed by atoms with E-state index in [9.17, 15) is 9.90 Å². The Morgan fingerprint density at radius 1 is 1.39 bits per heavy atom. The molecule has 1 aromatic carbocycles. The van der Waals surface area contributed by atoms with Crippen molar-refractivity contribution >= 4 is 11.7 Å². The summed E-state index contributed by atoms with van der Waals surface area (Å²) >= 11 is 0. The number of rotatable bonds is 1. The molecule has 0 spiro atoms. The van der Waals surface area contributed by atoms with E-state index < -0.39 is 5.97 Å². The molecule has 0 aromatic heterocycles. The molecule has 0 amide bonds. The minimum atomic E-state index is -0.863. The van der Waals surface area contributed by atoms with E-state index >= 15 is 0 Å². The Morgan fingerprint density at radius 2 is 2.28 bits per heavy atom. The highest BCUT2D eigenvalue weighted by atomic mass is 16.4. The van der Waals surface area contributed by atoms with Gasteiger partial charge < -0.3 is 10.4 Å². The summed E-state index contributed by atoms with van der Waals surface area (Å²) in [6.07, 6.45) is 2.10. The maximum Gasteiger partial charge on any atom is 0.336 e. The number of nitrogens with one attached hydrogen (secondary N) is 3. The van der Waals surface area contributed by atoms with Crippen molar-refractivity contribution in [2.75, 3.05) is 6.54 Å². The quantitative estimate of drug-likeness (QED) is 0.577. The van der Waals surface area contributed by atoms with Gasteiger partial charge in [-0.2, -0.15) is 0 Å². The van der Waals surface area contributed by atoms with Gasteiger partial charge >= 0.3 is 5.97 Å². The predicted octanol–water partition coefficient (Wildman–Crippen LogP) is 0.476. The lowest BCUT2D eigenvalue weighted by Gasteiger charge is -2.27. The lowest BCUT2D eigenvalue weighted by Crippen LogP contribution is -2.37. The van der Waals surface area contributed by atoms with Crippen LogP contribution in [0, 0.1) is 5.92 Å². The summed E-state index contributed by atoms with van der Waals surface area (Å²) < 4.78 is 0. The first-order valence-electron chi connectivity index (χ1n) is 6.09. The van der Waals surface area contributed by atoms with Gasteiger partial charge in [0.25, 0.3) is 0 Å². The van der Waals surface area contributed by atoms with Crippen molar-refractivity contribution in [3.8, 4) is 0 Å². The number of hydrazine groups is 1. The lowest BCUT2D eigenvalue weighted by molar-refractivity contribution is 0.0696. The van der Waals surface area contributed by atoms with Gasteiger partial charge in [0.15, 0.2) is 0 Å². The van der Waals surface area contributed by atoms with Crippen molar-refractivity contribution in [3.05, 3.63) is 41.0 Å². The van der Waals surface area contributed by atoms with Gasteiger partial charge in [-0.25, -0.2) is 4.79 Å². The summed E-state index contributed by atoms with van der Waals surface area (Å²) in [5, 5.41) is 12.7. The number of benzene rings is 1. The molecule has 3 unspecified atom stereocenters. The van der Waals surface area contributed by atoms with Crippen LogP contribution >= 0.6 is 0 Å². The van der Waals surface area contributed by atoms with Crippen LogP contribution in [0.3, 0.4) is 0 Å². The normalized spacial score (nSPS) is 31.3. The fourth-order valence-corrected chi connectivity index (χ4v) is 3.29. The fourth-order valence-electron chi connectivity index (χ4n) is 3.29. The average Bonchev–Trinajstić information content (AvgIpc) is 2.94. The maximum absolute atomic E-state index is 11.3. The highest BCUT2D eigenvalue weighted by Crippen LogP contribution is 2.44. The zero-order chi connectivity index (χ0) is 12.3. The highest BCUT2D eigenvalue weighted by Gasteiger charge is 2.43. The van der Waals surface area contributed by atoms with Gasteiger partial charge in [-0.15, -0.1) is 0 Å². The van der Waals surface area contributed by atoms with E-state index in [1.54, 1.807) is 6.07 Å². The Morgan fingerprint density at radius 3 is 3.11 bits per heavy atom. The van der Waals surface area contributed by atoms with Crippen molar-refractivity contribution in [1.29, 1.82) is 0 Å². The third kappa shape index (κ3) is 1.15. The maximum atomic E-state index is 11.3. The molecular weight excluding hydrogens is 230 g/mol. The Bertz CT molecular complexity index is 582. The van der Waals surface area contributed by atoms with Crippen LogP contribution in [0.2, 0.25) is 0 Å². The Labute approximate surface area is 104 Å². The van der Waals surface area contributed by atoms with E-state index in [0.29, 0.717) is 11.5 Å². The fraction of sp³-hybridized carbons (Fsp3) is 0.308. The Hall–Kier alpha value is -1.85. The molecule has 92 valence electrons. The van der Waals surface area contributed by atoms with Crippen LogP contribution in [0.15, 0.2) is 24.3 Å². The van der Waals surface area contributed by atoms with Crippen LogP contribution in [-0.2, 0) is 0 Å². The number of fused-ring (bicyclic) bond motifs is 7. The number of carbonyl (C=O) groups is 1. The molecule has 5 nitrogen and oxygen atoms in total. The van der Waals surface area contributed by atoms with Crippen molar-refractivity contribution < 1.29 is 9.90 Å². The molecule has 2 bridgehead atoms. The van der Waals surface area contributed by atoms with Crippen LogP contribution in [0.1, 0.15) is 27.5 Å². The molecule has 3 heterocycles. The molecule has 0 aliphatic carbocycles. The first-order valence-corrected chi connectivity index (χ1v) is 6.09. The van der Waals surface area contributed by atoms with Gasteiger partial charge in [0, 0.05) is 29.8 Å². The topological polar surface area (TPSA) is 73.4 Å². The minimum absolute atomic E-state index is 0.215. The van der Waals surface area contributed by atoms with E-state index in [0.717, 1.165) is 23.4 Å². The monoisotopic (exact) mass is 243 g/mol. The van der Waals surface area contributed by atoms with Gasteiger partial charge in [0.1, 0.15) is 0 Å². The summed E-state index contributed by atoms with van der Waals surface area (Å²) in [5.41, 5.74) is 9.71. The van der Waals surface area contributed by atoms with Crippen LogP contribution in [-0.4, -0.2) is 23.7 Å². The van der Waals surface area contributed by atoms with Crippen LogP contribution in [0.5, 0.6) is 0 Å². The highest BCUT2D eigenvalue weighted by molar-refractivity contribution is 5.96. The van der Waals surface area contributed by atoms with E-state index in [-0.39, 0.29) is 12.1 Å². The second-order valence-electron chi connectivity index (χ2n) is 4.99. The van der Waals surface area contributed by atoms with Crippen molar-refractivity contribution in [2.45, 2.75) is 12.1 Å². The smallest absolute Gasteiger partial charge is 0.336 e. The van der Waals surface area contributed by atoms with E-state index in [4.69, 9.17) is 0 Å². The van der Waals surface area contributed by atoms with E-state index in [2.05, 4.69) is 22.2 Å². The molecule has 0 saturated carbocycles. The molecule has 5 heteroatoms. The SMILES string of the molecule is O=C(O)c1cccc2c1C1=CC3NNCC3C2N1. The summed E-state index contributed by atoms with van der Waals surface area (Å²) in [7, 11) is 0. The zero-order valence-electron chi connectivity index (χ0n) is 9.60. The number of aromatic carboxylic acids is 1. The van der Waals surface area contributed by atoms with Gasteiger partial charge in [-0.3, -0.25) is 10.9 Å². The van der Waals surface area contributed by atoms with Crippen LogP contribution in [0.4, 0.5) is 0 Å². The molecule has 1 aromatic rings. The minimum Gasteiger partial charge on any atom is -0.478 e. The van der Waals surface area contributed by atoms with Crippen LogP contribution in [0.25, 0.3) is 5.70 Å². The number of carboxylic acid groups (broad SMARTS) is 1. The molecule has 1 saturated heterocycles. The second kappa shape index (κ2) is 3.34. The van der Waals surface area contributed by atoms with E-state index in [1.165, 1.54) is 0 Å². The molecule has 4 rings (SSSR count). The van der Waals surface area contributed by atoms with Gasteiger partial charge in [0.05, 0.1) is 11.6 Å². The number of hydrogen-bond acceptors (Lipinski definition) is 4.